The number of methoxy groups -OCH3 is 1. The second-order valence-electron chi connectivity index (χ2n) is 4.66. The van der Waals surface area contributed by atoms with Gasteiger partial charge in [0, 0.05) is 18.2 Å². The highest BCUT2D eigenvalue weighted by atomic mass is 16.5. The Kier molecular flexibility index (Phi) is 4.38. The number of aliphatic hydroxyl groups excluding tert-OH is 1. The number of carbonyl (C=O) groups excluding carboxylic acids is 1. The molecule has 0 bridgehead atoms. The Morgan fingerprint density at radius 2 is 2.44 bits per heavy atom. The van der Waals surface area contributed by atoms with E-state index >= 15 is 0 Å². The van der Waals surface area contributed by atoms with Crippen molar-refractivity contribution < 1.29 is 19.1 Å². The van der Waals surface area contributed by atoms with E-state index < -0.39 is 5.97 Å². The molecule has 0 amide bonds. The maximum atomic E-state index is 11.4. The van der Waals surface area contributed by atoms with Gasteiger partial charge in [-0.15, -0.1) is 0 Å². The van der Waals surface area contributed by atoms with Crippen LogP contribution in [0.25, 0.3) is 0 Å². The van der Waals surface area contributed by atoms with E-state index in [-0.39, 0.29) is 11.9 Å². The van der Waals surface area contributed by atoms with Crippen LogP contribution in [0.4, 0.5) is 0 Å². The molecule has 18 heavy (non-hydrogen) atoms. The predicted molar refractivity (Wildman–Crippen MR) is 65.2 cm³/mol. The molecule has 1 aromatic heterocycles. The second kappa shape index (κ2) is 6.02. The number of furan rings is 1. The topological polar surface area (TPSA) is 71.7 Å². The van der Waals surface area contributed by atoms with Crippen LogP contribution in [0.15, 0.2) is 16.7 Å². The molecule has 0 saturated heterocycles. The minimum atomic E-state index is -0.458. The van der Waals surface area contributed by atoms with E-state index in [2.05, 4.69) is 10.1 Å². The third-order valence-corrected chi connectivity index (χ3v) is 3.35. The molecular weight excluding hydrogens is 234 g/mol. The minimum absolute atomic E-state index is 0.208. The first-order valence-electron chi connectivity index (χ1n) is 6.27. The molecule has 0 spiro atoms. The third-order valence-electron chi connectivity index (χ3n) is 3.35. The molecule has 0 aliphatic heterocycles. The molecule has 1 heterocycles. The summed E-state index contributed by atoms with van der Waals surface area (Å²) >= 11 is 0. The zero-order valence-electron chi connectivity index (χ0n) is 10.5. The minimum Gasteiger partial charge on any atom is -0.463 e. The number of nitrogens with one attached hydrogen (secondary N) is 1. The number of aliphatic hydroxyl groups is 1. The van der Waals surface area contributed by atoms with E-state index in [9.17, 15) is 9.90 Å². The van der Waals surface area contributed by atoms with Gasteiger partial charge in [-0.3, -0.25) is 0 Å². The monoisotopic (exact) mass is 253 g/mol. The zero-order chi connectivity index (χ0) is 13.0. The van der Waals surface area contributed by atoms with Gasteiger partial charge in [0.25, 0.3) is 0 Å². The highest BCUT2D eigenvalue weighted by Crippen LogP contribution is 2.19. The summed E-state index contributed by atoms with van der Waals surface area (Å²) in [6.45, 7) is 0.554. The second-order valence-corrected chi connectivity index (χ2v) is 4.66. The van der Waals surface area contributed by atoms with E-state index in [0.717, 1.165) is 31.2 Å². The van der Waals surface area contributed by atoms with Crippen LogP contribution in [0.3, 0.4) is 0 Å². The molecule has 2 rings (SSSR count). The Labute approximate surface area is 106 Å². The normalized spacial score (nSPS) is 23.9. The van der Waals surface area contributed by atoms with Gasteiger partial charge < -0.3 is 19.6 Å². The first-order valence-corrected chi connectivity index (χ1v) is 6.27. The van der Waals surface area contributed by atoms with Gasteiger partial charge in [-0.2, -0.15) is 0 Å². The number of esters is 1. The van der Waals surface area contributed by atoms with Crippen LogP contribution < -0.4 is 5.32 Å². The lowest BCUT2D eigenvalue weighted by Gasteiger charge is -2.26. The van der Waals surface area contributed by atoms with Crippen molar-refractivity contribution in [2.24, 2.45) is 0 Å². The van der Waals surface area contributed by atoms with Gasteiger partial charge in [0.05, 0.1) is 19.5 Å². The molecule has 0 radical (unpaired) electrons. The smallest absolute Gasteiger partial charge is 0.374 e. The Balaban J connectivity index is 1.90. The summed E-state index contributed by atoms with van der Waals surface area (Å²) in [4.78, 5) is 11.4. The summed E-state index contributed by atoms with van der Waals surface area (Å²) in [6.07, 6.45) is 5.03. The SMILES string of the molecule is COC(=O)c1occc1CNC1CCCC(O)C1. The van der Waals surface area contributed by atoms with E-state index in [0.29, 0.717) is 12.6 Å². The number of ether oxygens (including phenoxy) is 1. The fraction of sp³-hybridized carbons (Fsp3) is 0.615. The van der Waals surface area contributed by atoms with E-state index in [1.807, 2.05) is 0 Å². The molecule has 2 N–H and O–H groups in total. The van der Waals surface area contributed by atoms with Crippen molar-refractivity contribution in [3.63, 3.8) is 0 Å². The van der Waals surface area contributed by atoms with Gasteiger partial charge in [-0.25, -0.2) is 4.79 Å². The highest BCUT2D eigenvalue weighted by molar-refractivity contribution is 5.87. The highest BCUT2D eigenvalue weighted by Gasteiger charge is 2.21. The van der Waals surface area contributed by atoms with Gasteiger partial charge >= 0.3 is 5.97 Å². The largest absolute Gasteiger partial charge is 0.463 e. The third kappa shape index (κ3) is 3.11. The Morgan fingerprint density at radius 3 is 3.17 bits per heavy atom. The van der Waals surface area contributed by atoms with Crippen molar-refractivity contribution in [1.29, 1.82) is 0 Å². The van der Waals surface area contributed by atoms with E-state index in [4.69, 9.17) is 4.42 Å². The summed E-state index contributed by atoms with van der Waals surface area (Å²) in [6, 6.07) is 2.06. The molecule has 5 nitrogen and oxygen atoms in total. The Bertz CT molecular complexity index is 401. The summed E-state index contributed by atoms with van der Waals surface area (Å²) in [5.74, 6) is -0.207. The summed E-state index contributed by atoms with van der Waals surface area (Å²) in [5, 5.41) is 12.9. The standard InChI is InChI=1S/C13H19NO4/c1-17-13(16)12-9(5-6-18-12)8-14-10-3-2-4-11(15)7-10/h5-6,10-11,14-15H,2-4,7-8H2,1H3. The molecule has 1 aliphatic carbocycles. The Morgan fingerprint density at radius 1 is 1.61 bits per heavy atom. The fourth-order valence-corrected chi connectivity index (χ4v) is 2.35. The van der Waals surface area contributed by atoms with Crippen molar-refractivity contribution in [3.8, 4) is 0 Å². The van der Waals surface area contributed by atoms with Crippen molar-refractivity contribution in [1.82, 2.24) is 5.32 Å². The molecule has 100 valence electrons. The average molecular weight is 253 g/mol. The Hall–Kier alpha value is -1.33. The predicted octanol–water partition coefficient (Wildman–Crippen LogP) is 1.46. The maximum Gasteiger partial charge on any atom is 0.374 e. The van der Waals surface area contributed by atoms with Crippen LogP contribution >= 0.6 is 0 Å². The molecule has 1 saturated carbocycles. The lowest BCUT2D eigenvalue weighted by molar-refractivity contribution is 0.0562. The molecule has 1 aromatic rings. The van der Waals surface area contributed by atoms with Crippen molar-refractivity contribution in [3.05, 3.63) is 23.7 Å². The average Bonchev–Trinajstić information content (AvgIpc) is 2.84. The summed E-state index contributed by atoms with van der Waals surface area (Å²) < 4.78 is 9.76. The molecule has 5 heteroatoms. The fourth-order valence-electron chi connectivity index (χ4n) is 2.35. The molecular formula is C13H19NO4. The van der Waals surface area contributed by atoms with Crippen molar-refractivity contribution in [2.45, 2.75) is 44.4 Å². The van der Waals surface area contributed by atoms with Crippen molar-refractivity contribution in [2.75, 3.05) is 7.11 Å². The molecule has 1 aliphatic rings. The van der Waals surface area contributed by atoms with Gasteiger partial charge in [0.2, 0.25) is 5.76 Å². The number of hydrogen-bond acceptors (Lipinski definition) is 5. The first kappa shape index (κ1) is 13.1. The lowest BCUT2D eigenvalue weighted by atomic mass is 9.93. The number of hydrogen-bond donors (Lipinski definition) is 2. The summed E-state index contributed by atoms with van der Waals surface area (Å²) in [5.41, 5.74) is 0.793. The van der Waals surface area contributed by atoms with Crippen LogP contribution in [0.1, 0.15) is 41.8 Å². The van der Waals surface area contributed by atoms with Gasteiger partial charge in [-0.05, 0) is 31.7 Å². The van der Waals surface area contributed by atoms with Gasteiger partial charge in [0.1, 0.15) is 0 Å². The number of carbonyl (C=O) groups is 1. The molecule has 2 unspecified atom stereocenters. The van der Waals surface area contributed by atoms with Crippen molar-refractivity contribution >= 4 is 5.97 Å². The van der Waals surface area contributed by atoms with Gasteiger partial charge in [-0.1, -0.05) is 0 Å². The maximum absolute atomic E-state index is 11.4. The zero-order valence-corrected chi connectivity index (χ0v) is 10.5. The van der Waals surface area contributed by atoms with E-state index in [1.165, 1.54) is 13.4 Å². The van der Waals surface area contributed by atoms with Gasteiger partial charge in [0.15, 0.2) is 0 Å². The molecule has 2 atom stereocenters. The van der Waals surface area contributed by atoms with Crippen LogP contribution in [0.2, 0.25) is 0 Å². The lowest BCUT2D eigenvalue weighted by Crippen LogP contribution is -2.35. The van der Waals surface area contributed by atoms with E-state index in [1.54, 1.807) is 6.07 Å². The quantitative estimate of drug-likeness (QED) is 0.795. The number of rotatable bonds is 4. The van der Waals surface area contributed by atoms with Crippen LogP contribution in [-0.2, 0) is 11.3 Å². The molecule has 1 fully saturated rings. The van der Waals surface area contributed by atoms with Crippen LogP contribution in [-0.4, -0.2) is 30.3 Å². The van der Waals surface area contributed by atoms with Crippen LogP contribution in [0, 0.1) is 0 Å². The summed E-state index contributed by atoms with van der Waals surface area (Å²) in [7, 11) is 1.33. The molecule has 0 aromatic carbocycles. The van der Waals surface area contributed by atoms with Crippen LogP contribution in [0.5, 0.6) is 0 Å². The first-order chi connectivity index (χ1) is 8.70.